The second-order valence-corrected chi connectivity index (χ2v) is 6.51. The minimum atomic E-state index is -6.31. The third-order valence-corrected chi connectivity index (χ3v) is 4.25. The van der Waals surface area contributed by atoms with Gasteiger partial charge in [0.25, 0.3) is 0 Å². The van der Waals surface area contributed by atoms with E-state index < -0.39 is 50.0 Å². The van der Waals surface area contributed by atoms with Crippen LogP contribution in [0, 0.1) is 0 Å². The number of alkyl halides is 8. The molecule has 2 aromatic carbocycles. The lowest BCUT2D eigenvalue weighted by molar-refractivity contribution is -0.346. The second-order valence-electron chi connectivity index (χ2n) is 6.51. The minimum Gasteiger partial charge on any atom is -0.491 e. The Kier molecular flexibility index (Phi) is 7.70. The molecule has 2 aromatic rings. The average molecular weight is 472 g/mol. The SMILES string of the molecule is O=C(O)c1ccc(-c2ccc(OCCOCC(F)(F)C(F)(F)C(F)(F)C(F)F)cc2)cc1. The highest BCUT2D eigenvalue weighted by atomic mass is 19.4. The normalized spacial score (nSPS) is 12.8. The number of carboxylic acid groups (broad SMARTS) is 1. The maximum Gasteiger partial charge on any atom is 0.380 e. The number of ether oxygens (including phenoxy) is 2. The van der Waals surface area contributed by atoms with E-state index in [9.17, 15) is 39.9 Å². The van der Waals surface area contributed by atoms with Crippen LogP contribution in [0.15, 0.2) is 48.5 Å². The standard InChI is InChI=1S/C20H16F8O4/c21-17(22)19(25,26)20(27,28)18(23,24)11-31-9-10-32-15-7-5-13(6-8-15)12-1-3-14(4-2-12)16(29)30/h1-8,17H,9-11H2,(H,29,30). The van der Waals surface area contributed by atoms with Crippen LogP contribution in [0.25, 0.3) is 11.1 Å². The van der Waals surface area contributed by atoms with Crippen molar-refractivity contribution in [3.8, 4) is 16.9 Å². The van der Waals surface area contributed by atoms with E-state index in [2.05, 4.69) is 4.74 Å². The van der Waals surface area contributed by atoms with E-state index >= 15 is 0 Å². The highest BCUT2D eigenvalue weighted by molar-refractivity contribution is 5.88. The van der Waals surface area contributed by atoms with Crippen molar-refractivity contribution in [2.45, 2.75) is 24.2 Å². The average Bonchev–Trinajstić information content (AvgIpc) is 2.73. The molecule has 176 valence electrons. The Morgan fingerprint density at radius 1 is 0.844 bits per heavy atom. The molecular formula is C20H16F8O4. The molecule has 0 aliphatic heterocycles. The van der Waals surface area contributed by atoms with Gasteiger partial charge in [-0.1, -0.05) is 24.3 Å². The molecule has 4 nitrogen and oxygen atoms in total. The predicted molar refractivity (Wildman–Crippen MR) is 96.0 cm³/mol. The van der Waals surface area contributed by atoms with E-state index in [0.717, 1.165) is 0 Å². The summed E-state index contributed by atoms with van der Waals surface area (Å²) in [6.07, 6.45) is -4.98. The van der Waals surface area contributed by atoms with Crippen LogP contribution < -0.4 is 4.74 Å². The zero-order valence-corrected chi connectivity index (χ0v) is 16.0. The van der Waals surface area contributed by atoms with Crippen LogP contribution in [0.5, 0.6) is 5.75 Å². The van der Waals surface area contributed by atoms with E-state index in [1.54, 1.807) is 24.3 Å². The molecule has 0 bridgehead atoms. The number of aromatic carboxylic acids is 1. The second kappa shape index (κ2) is 9.72. The zero-order chi connectivity index (χ0) is 24.2. The van der Waals surface area contributed by atoms with E-state index in [4.69, 9.17) is 9.84 Å². The first-order chi connectivity index (χ1) is 14.8. The quantitative estimate of drug-likeness (QED) is 0.341. The Morgan fingerprint density at radius 2 is 1.34 bits per heavy atom. The Balaban J connectivity index is 1.85. The third-order valence-electron chi connectivity index (χ3n) is 4.25. The summed E-state index contributed by atoms with van der Waals surface area (Å²) in [4.78, 5) is 10.8. The van der Waals surface area contributed by atoms with Crippen molar-refractivity contribution in [2.75, 3.05) is 19.8 Å². The van der Waals surface area contributed by atoms with E-state index in [-0.39, 0.29) is 11.3 Å². The minimum absolute atomic E-state index is 0.106. The Bertz CT molecular complexity index is 899. The summed E-state index contributed by atoms with van der Waals surface area (Å²) in [5, 5.41) is 8.88. The number of hydrogen-bond acceptors (Lipinski definition) is 3. The lowest BCUT2D eigenvalue weighted by Crippen LogP contribution is -2.59. The van der Waals surface area contributed by atoms with Gasteiger partial charge in [-0.3, -0.25) is 0 Å². The van der Waals surface area contributed by atoms with Crippen LogP contribution in [-0.2, 0) is 4.74 Å². The van der Waals surface area contributed by atoms with Gasteiger partial charge in [0.2, 0.25) is 0 Å². The molecule has 0 aliphatic rings. The maximum absolute atomic E-state index is 13.3. The van der Waals surface area contributed by atoms with Gasteiger partial charge in [-0.15, -0.1) is 0 Å². The smallest absolute Gasteiger partial charge is 0.380 e. The molecule has 32 heavy (non-hydrogen) atoms. The lowest BCUT2D eigenvalue weighted by Gasteiger charge is -2.31. The molecule has 0 amide bonds. The zero-order valence-electron chi connectivity index (χ0n) is 16.0. The number of halogens is 8. The van der Waals surface area contributed by atoms with Gasteiger partial charge >= 0.3 is 30.2 Å². The van der Waals surface area contributed by atoms with Gasteiger partial charge in [-0.25, -0.2) is 13.6 Å². The fourth-order valence-corrected chi connectivity index (χ4v) is 2.44. The van der Waals surface area contributed by atoms with Gasteiger partial charge in [0.1, 0.15) is 19.0 Å². The molecular weight excluding hydrogens is 456 g/mol. The van der Waals surface area contributed by atoms with Crippen LogP contribution in [0.1, 0.15) is 10.4 Å². The van der Waals surface area contributed by atoms with Crippen molar-refractivity contribution in [3.05, 3.63) is 54.1 Å². The molecule has 0 aliphatic carbocycles. The summed E-state index contributed by atoms with van der Waals surface area (Å²) in [5.41, 5.74) is 1.51. The van der Waals surface area contributed by atoms with E-state index in [0.29, 0.717) is 11.1 Å². The molecule has 0 spiro atoms. The van der Waals surface area contributed by atoms with Crippen LogP contribution in [-0.4, -0.2) is 55.1 Å². The topological polar surface area (TPSA) is 55.8 Å². The third kappa shape index (κ3) is 5.47. The highest BCUT2D eigenvalue weighted by Crippen LogP contribution is 2.48. The van der Waals surface area contributed by atoms with Crippen LogP contribution in [0.2, 0.25) is 0 Å². The highest BCUT2D eigenvalue weighted by Gasteiger charge is 2.75. The molecule has 2 rings (SSSR count). The van der Waals surface area contributed by atoms with Crippen molar-refractivity contribution in [1.82, 2.24) is 0 Å². The molecule has 0 fully saturated rings. The van der Waals surface area contributed by atoms with Gasteiger partial charge < -0.3 is 14.6 Å². The fraction of sp³-hybridized carbons (Fsp3) is 0.350. The lowest BCUT2D eigenvalue weighted by atomic mass is 10.0. The molecule has 0 saturated heterocycles. The van der Waals surface area contributed by atoms with Crippen LogP contribution in [0.3, 0.4) is 0 Å². The first-order valence-corrected chi connectivity index (χ1v) is 8.85. The van der Waals surface area contributed by atoms with E-state index in [1.807, 2.05) is 0 Å². The van der Waals surface area contributed by atoms with Gasteiger partial charge in [0.15, 0.2) is 0 Å². The van der Waals surface area contributed by atoms with Gasteiger partial charge in [-0.05, 0) is 35.4 Å². The molecule has 0 saturated carbocycles. The van der Waals surface area contributed by atoms with Crippen LogP contribution >= 0.6 is 0 Å². The fourth-order valence-electron chi connectivity index (χ4n) is 2.44. The van der Waals surface area contributed by atoms with Crippen molar-refractivity contribution >= 4 is 5.97 Å². The Morgan fingerprint density at radius 3 is 1.81 bits per heavy atom. The molecule has 0 unspecified atom stereocenters. The van der Waals surface area contributed by atoms with Gasteiger partial charge in [0, 0.05) is 0 Å². The number of hydrogen-bond donors (Lipinski definition) is 1. The Hall–Kier alpha value is -2.89. The molecule has 0 aromatic heterocycles. The number of carboxylic acids is 1. The summed E-state index contributed by atoms with van der Waals surface area (Å²) < 4.78 is 112. The maximum atomic E-state index is 13.3. The summed E-state index contributed by atoms with van der Waals surface area (Å²) >= 11 is 0. The summed E-state index contributed by atoms with van der Waals surface area (Å²) in [5.74, 6) is -18.9. The number of carbonyl (C=O) groups is 1. The first-order valence-electron chi connectivity index (χ1n) is 8.85. The van der Waals surface area contributed by atoms with Gasteiger partial charge in [0.05, 0.1) is 12.2 Å². The summed E-state index contributed by atoms with van der Waals surface area (Å²) in [6.45, 7) is -3.33. The number of rotatable bonds is 11. The first kappa shape index (κ1) is 25.4. The summed E-state index contributed by atoms with van der Waals surface area (Å²) in [7, 11) is 0. The molecule has 12 heteroatoms. The van der Waals surface area contributed by atoms with Crippen molar-refractivity contribution in [3.63, 3.8) is 0 Å². The molecule has 0 radical (unpaired) electrons. The Labute approximate surface area is 176 Å². The van der Waals surface area contributed by atoms with Crippen molar-refractivity contribution < 1.29 is 54.5 Å². The summed E-state index contributed by atoms with van der Waals surface area (Å²) in [6, 6.07) is 12.2. The van der Waals surface area contributed by atoms with Gasteiger partial charge in [-0.2, -0.15) is 26.3 Å². The molecule has 0 atom stereocenters. The monoisotopic (exact) mass is 472 g/mol. The predicted octanol–water partition coefficient (Wildman–Crippen LogP) is 5.62. The van der Waals surface area contributed by atoms with Crippen molar-refractivity contribution in [1.29, 1.82) is 0 Å². The number of benzene rings is 2. The van der Waals surface area contributed by atoms with E-state index in [1.165, 1.54) is 24.3 Å². The largest absolute Gasteiger partial charge is 0.491 e. The van der Waals surface area contributed by atoms with Crippen LogP contribution in [0.4, 0.5) is 35.1 Å². The van der Waals surface area contributed by atoms with Crippen molar-refractivity contribution in [2.24, 2.45) is 0 Å². The molecule has 1 N–H and O–H groups in total. The molecule has 0 heterocycles.